The quantitative estimate of drug-likeness (QED) is 0.408. The van der Waals surface area contributed by atoms with E-state index < -0.39 is 27.4 Å². The number of anilines is 2. The number of hydrogen-bond donors (Lipinski definition) is 1. The molecule has 32 heavy (non-hydrogen) atoms. The summed E-state index contributed by atoms with van der Waals surface area (Å²) in [5.74, 6) is -0.105. The minimum absolute atomic E-state index is 0.000525. The Kier molecular flexibility index (Phi) is 6.74. The Balaban J connectivity index is 1.98. The molecule has 0 saturated carbocycles. The Bertz CT molecular complexity index is 1240. The van der Waals surface area contributed by atoms with Crippen LogP contribution in [0.3, 0.4) is 0 Å². The third-order valence-electron chi connectivity index (χ3n) is 4.58. The number of nitrogens with one attached hydrogen (secondary N) is 1. The number of methoxy groups -OCH3 is 1. The molecule has 0 spiro atoms. The first kappa shape index (κ1) is 22.8. The van der Waals surface area contributed by atoms with Crippen LogP contribution in [0.25, 0.3) is 0 Å². The Morgan fingerprint density at radius 3 is 2.41 bits per heavy atom. The van der Waals surface area contributed by atoms with Crippen LogP contribution in [0.2, 0.25) is 0 Å². The summed E-state index contributed by atoms with van der Waals surface area (Å²) in [6.07, 6.45) is 0. The van der Waals surface area contributed by atoms with Crippen molar-refractivity contribution >= 4 is 33.0 Å². The standard InChI is InChI=1S/C22H21N3O6S/c1-16-9-11-21(12-10-16)32(29,30)24(18-6-4-7-19(14-18)25(27)28)15-22(26)23-17-5-3-8-20(13-17)31-2/h3-14H,15H2,1-2H3,(H,23,26). The molecule has 10 heteroatoms. The fourth-order valence-electron chi connectivity index (χ4n) is 2.95. The second-order valence-electron chi connectivity index (χ2n) is 6.88. The number of sulfonamides is 1. The molecule has 166 valence electrons. The van der Waals surface area contributed by atoms with Crippen LogP contribution in [0.1, 0.15) is 5.56 Å². The molecule has 3 rings (SSSR count). The van der Waals surface area contributed by atoms with Crippen LogP contribution in [0.4, 0.5) is 17.1 Å². The second kappa shape index (κ2) is 9.48. The lowest BCUT2D eigenvalue weighted by molar-refractivity contribution is -0.384. The molecule has 1 amide bonds. The number of carbonyl (C=O) groups excluding carboxylic acids is 1. The van der Waals surface area contributed by atoms with Crippen molar-refractivity contribution in [2.45, 2.75) is 11.8 Å². The number of hydrogen-bond acceptors (Lipinski definition) is 6. The van der Waals surface area contributed by atoms with E-state index in [9.17, 15) is 23.3 Å². The topological polar surface area (TPSA) is 119 Å². The second-order valence-corrected chi connectivity index (χ2v) is 8.74. The van der Waals surface area contributed by atoms with Gasteiger partial charge in [0.1, 0.15) is 12.3 Å². The predicted molar refractivity (Wildman–Crippen MR) is 120 cm³/mol. The molecule has 0 atom stereocenters. The van der Waals surface area contributed by atoms with Gasteiger partial charge in [-0.1, -0.05) is 29.8 Å². The molecule has 3 aromatic carbocycles. The number of nitro benzene ring substituents is 1. The summed E-state index contributed by atoms with van der Waals surface area (Å²) >= 11 is 0. The summed E-state index contributed by atoms with van der Waals surface area (Å²) in [5.41, 5.74) is 0.989. The molecule has 3 aromatic rings. The molecule has 1 N–H and O–H groups in total. The SMILES string of the molecule is COc1cccc(NC(=O)CN(c2cccc([N+](=O)[O-])c2)S(=O)(=O)c2ccc(C)cc2)c1. The van der Waals surface area contributed by atoms with Crippen molar-refractivity contribution in [3.05, 3.63) is 88.5 Å². The first-order valence-electron chi connectivity index (χ1n) is 9.48. The summed E-state index contributed by atoms with van der Waals surface area (Å²) in [6.45, 7) is 1.23. The molecular formula is C22H21N3O6S. The van der Waals surface area contributed by atoms with Crippen LogP contribution in [0.5, 0.6) is 5.75 Å². The first-order valence-corrected chi connectivity index (χ1v) is 10.9. The lowest BCUT2D eigenvalue weighted by Gasteiger charge is -2.24. The highest BCUT2D eigenvalue weighted by atomic mass is 32.2. The highest BCUT2D eigenvalue weighted by Crippen LogP contribution is 2.27. The molecule has 0 fully saturated rings. The van der Waals surface area contributed by atoms with Crippen LogP contribution in [0, 0.1) is 17.0 Å². The summed E-state index contributed by atoms with van der Waals surface area (Å²) in [7, 11) is -2.70. The van der Waals surface area contributed by atoms with Crippen LogP contribution in [-0.4, -0.2) is 32.9 Å². The van der Waals surface area contributed by atoms with Crippen molar-refractivity contribution in [2.75, 3.05) is 23.3 Å². The van der Waals surface area contributed by atoms with E-state index in [2.05, 4.69) is 5.32 Å². The zero-order chi connectivity index (χ0) is 23.3. The largest absolute Gasteiger partial charge is 0.497 e. The molecule has 0 aliphatic carbocycles. The molecule has 0 heterocycles. The van der Waals surface area contributed by atoms with Gasteiger partial charge in [0.15, 0.2) is 0 Å². The van der Waals surface area contributed by atoms with Gasteiger partial charge in [-0.25, -0.2) is 8.42 Å². The van der Waals surface area contributed by atoms with Crippen molar-refractivity contribution < 1.29 is 22.9 Å². The van der Waals surface area contributed by atoms with Gasteiger partial charge in [0.25, 0.3) is 15.7 Å². The molecule has 0 radical (unpaired) electrons. The lowest BCUT2D eigenvalue weighted by atomic mass is 10.2. The molecule has 0 saturated heterocycles. The Morgan fingerprint density at radius 2 is 1.75 bits per heavy atom. The number of benzene rings is 3. The summed E-state index contributed by atoms with van der Waals surface area (Å²) in [5, 5.41) is 13.8. The van der Waals surface area contributed by atoms with E-state index in [1.807, 2.05) is 6.92 Å². The normalized spacial score (nSPS) is 10.9. The number of carbonyl (C=O) groups is 1. The number of aryl methyl sites for hydroxylation is 1. The molecule has 9 nitrogen and oxygen atoms in total. The lowest BCUT2D eigenvalue weighted by Crippen LogP contribution is -2.38. The van der Waals surface area contributed by atoms with E-state index in [1.54, 1.807) is 36.4 Å². The Hall–Kier alpha value is -3.92. The third-order valence-corrected chi connectivity index (χ3v) is 6.37. The van der Waals surface area contributed by atoms with Crippen molar-refractivity contribution in [3.63, 3.8) is 0 Å². The maximum Gasteiger partial charge on any atom is 0.271 e. The fraction of sp³-hybridized carbons (Fsp3) is 0.136. The van der Waals surface area contributed by atoms with E-state index in [1.165, 1.54) is 37.4 Å². The van der Waals surface area contributed by atoms with E-state index in [0.29, 0.717) is 11.4 Å². The van der Waals surface area contributed by atoms with E-state index >= 15 is 0 Å². The average Bonchev–Trinajstić information content (AvgIpc) is 2.78. The Morgan fingerprint density at radius 1 is 1.06 bits per heavy atom. The highest BCUT2D eigenvalue weighted by Gasteiger charge is 2.28. The smallest absolute Gasteiger partial charge is 0.271 e. The molecule has 0 aromatic heterocycles. The molecule has 0 bridgehead atoms. The fourth-order valence-corrected chi connectivity index (χ4v) is 4.36. The maximum absolute atomic E-state index is 13.4. The van der Waals surface area contributed by atoms with Gasteiger partial charge in [0.05, 0.1) is 22.6 Å². The van der Waals surface area contributed by atoms with Crippen molar-refractivity contribution in [3.8, 4) is 5.75 Å². The number of nitrogens with zero attached hydrogens (tertiary/aromatic N) is 2. The summed E-state index contributed by atoms with van der Waals surface area (Å²) in [4.78, 5) is 23.3. The van der Waals surface area contributed by atoms with Gasteiger partial charge in [-0.15, -0.1) is 0 Å². The van der Waals surface area contributed by atoms with E-state index in [-0.39, 0.29) is 16.3 Å². The van der Waals surface area contributed by atoms with Gasteiger partial charge in [-0.05, 0) is 37.3 Å². The van der Waals surface area contributed by atoms with Gasteiger partial charge in [0, 0.05) is 23.9 Å². The van der Waals surface area contributed by atoms with Crippen LogP contribution >= 0.6 is 0 Å². The average molecular weight is 455 g/mol. The number of amides is 1. The predicted octanol–water partition coefficient (Wildman–Crippen LogP) is 3.75. The Labute approximate surface area is 185 Å². The number of rotatable bonds is 8. The van der Waals surface area contributed by atoms with Crippen LogP contribution < -0.4 is 14.4 Å². The number of non-ortho nitro benzene ring substituents is 1. The summed E-state index contributed by atoms with van der Waals surface area (Å²) in [6, 6.07) is 17.8. The van der Waals surface area contributed by atoms with Gasteiger partial charge < -0.3 is 10.1 Å². The van der Waals surface area contributed by atoms with Gasteiger partial charge >= 0.3 is 0 Å². The maximum atomic E-state index is 13.4. The molecule has 0 aliphatic rings. The van der Waals surface area contributed by atoms with Gasteiger partial charge in [-0.2, -0.15) is 0 Å². The van der Waals surface area contributed by atoms with Crippen molar-refractivity contribution in [1.29, 1.82) is 0 Å². The number of nitro groups is 1. The van der Waals surface area contributed by atoms with E-state index in [4.69, 9.17) is 4.74 Å². The monoisotopic (exact) mass is 455 g/mol. The molecular weight excluding hydrogens is 434 g/mol. The molecule has 0 aliphatic heterocycles. The molecule has 0 unspecified atom stereocenters. The van der Waals surface area contributed by atoms with Crippen molar-refractivity contribution in [1.82, 2.24) is 0 Å². The zero-order valence-electron chi connectivity index (χ0n) is 17.4. The number of ether oxygens (including phenoxy) is 1. The first-order chi connectivity index (χ1) is 15.2. The highest BCUT2D eigenvalue weighted by molar-refractivity contribution is 7.92. The summed E-state index contributed by atoms with van der Waals surface area (Å²) < 4.78 is 32.7. The van der Waals surface area contributed by atoms with Gasteiger partial charge in [0.2, 0.25) is 5.91 Å². The van der Waals surface area contributed by atoms with E-state index in [0.717, 1.165) is 15.9 Å². The minimum atomic E-state index is -4.19. The van der Waals surface area contributed by atoms with Crippen LogP contribution in [0.15, 0.2) is 77.7 Å². The van der Waals surface area contributed by atoms with Crippen molar-refractivity contribution in [2.24, 2.45) is 0 Å². The minimum Gasteiger partial charge on any atom is -0.497 e. The third kappa shape index (κ3) is 5.22. The van der Waals surface area contributed by atoms with Crippen LogP contribution in [-0.2, 0) is 14.8 Å². The van der Waals surface area contributed by atoms with Gasteiger partial charge in [-0.3, -0.25) is 19.2 Å². The zero-order valence-corrected chi connectivity index (χ0v) is 18.2.